The van der Waals surface area contributed by atoms with Crippen LogP contribution in [-0.2, 0) is 0 Å². The van der Waals surface area contributed by atoms with Crippen molar-refractivity contribution in [1.82, 2.24) is 24.5 Å². The molecule has 5 aliphatic rings. The normalized spacial score (nSPS) is 35.4. The van der Waals surface area contributed by atoms with Crippen molar-refractivity contribution >= 4 is 0 Å². The summed E-state index contributed by atoms with van der Waals surface area (Å²) in [5.74, 6) is 8.39. The first-order chi connectivity index (χ1) is 15.1. The van der Waals surface area contributed by atoms with E-state index >= 15 is 0 Å². The van der Waals surface area contributed by atoms with Crippen LogP contribution in [-0.4, -0.2) is 72.8 Å². The number of rotatable bonds is 0. The Morgan fingerprint density at radius 2 is 0.781 bits per heavy atom. The maximum Gasteiger partial charge on any atom is 0.115 e. The van der Waals surface area contributed by atoms with Gasteiger partial charge in [-0.15, -0.1) is 0 Å². The highest BCUT2D eigenvalue weighted by atomic mass is 15.5. The zero-order valence-corrected chi connectivity index (χ0v) is 22.0. The van der Waals surface area contributed by atoms with Crippen molar-refractivity contribution in [3.63, 3.8) is 0 Å². The summed E-state index contributed by atoms with van der Waals surface area (Å²) in [6.45, 7) is 14.6. The fourth-order valence-electron chi connectivity index (χ4n) is 7.87. The van der Waals surface area contributed by atoms with Crippen molar-refractivity contribution in [2.75, 3.05) is 48.3 Å². The number of allylic oxidation sites excluding steroid dienone is 4. The Balaban J connectivity index is 1.64. The van der Waals surface area contributed by atoms with E-state index in [1.807, 2.05) is 0 Å². The highest BCUT2D eigenvalue weighted by molar-refractivity contribution is 5.49. The van der Waals surface area contributed by atoms with Crippen LogP contribution in [0.25, 0.3) is 0 Å². The lowest BCUT2D eigenvalue weighted by Gasteiger charge is -2.56. The van der Waals surface area contributed by atoms with Crippen LogP contribution in [0.5, 0.6) is 0 Å². The van der Waals surface area contributed by atoms with Crippen molar-refractivity contribution in [2.24, 2.45) is 29.6 Å². The second kappa shape index (κ2) is 7.23. The lowest BCUT2D eigenvalue weighted by atomic mass is 9.68. The molecule has 176 valence electrons. The van der Waals surface area contributed by atoms with Crippen LogP contribution >= 0.6 is 0 Å². The number of nitrogens with zero attached hydrogens (tertiary/aromatic N) is 5. The van der Waals surface area contributed by atoms with Gasteiger partial charge in [-0.2, -0.15) is 0 Å². The molecule has 0 aliphatic carbocycles. The topological polar surface area (TPSA) is 16.2 Å². The molecule has 0 amide bonds. The minimum Gasteiger partial charge on any atom is -0.361 e. The SMILES string of the molecule is CC1CCN(C)C2=C1C(C)C1=C(N2C)N(C)C2=C(C(C)C3=C(N(C)CCC3C)N2C)C1C. The first-order valence-corrected chi connectivity index (χ1v) is 12.7. The summed E-state index contributed by atoms with van der Waals surface area (Å²) in [5, 5.41) is 0. The number of hydrogen-bond donors (Lipinski definition) is 0. The fraction of sp³-hybridized carbons (Fsp3) is 0.704. The van der Waals surface area contributed by atoms with Gasteiger partial charge >= 0.3 is 0 Å². The van der Waals surface area contributed by atoms with Crippen molar-refractivity contribution < 1.29 is 0 Å². The maximum atomic E-state index is 2.52. The minimum atomic E-state index is 0.452. The maximum absolute atomic E-state index is 2.52. The molecule has 0 aromatic carbocycles. The average Bonchev–Trinajstić information content (AvgIpc) is 2.74. The smallest absolute Gasteiger partial charge is 0.115 e. The van der Waals surface area contributed by atoms with Gasteiger partial charge in [0.15, 0.2) is 0 Å². The van der Waals surface area contributed by atoms with E-state index < -0.39 is 0 Å². The van der Waals surface area contributed by atoms with Crippen LogP contribution in [0, 0.1) is 29.6 Å². The highest BCUT2D eigenvalue weighted by Gasteiger charge is 2.48. The summed E-state index contributed by atoms with van der Waals surface area (Å²) in [4.78, 5) is 12.5. The molecular formula is C27H43N5. The summed E-state index contributed by atoms with van der Waals surface area (Å²) >= 11 is 0. The van der Waals surface area contributed by atoms with E-state index in [4.69, 9.17) is 0 Å². The van der Waals surface area contributed by atoms with E-state index in [-0.39, 0.29) is 0 Å². The third-order valence-corrected chi connectivity index (χ3v) is 9.32. The molecule has 5 nitrogen and oxygen atoms in total. The van der Waals surface area contributed by atoms with E-state index in [0.29, 0.717) is 29.6 Å². The third-order valence-electron chi connectivity index (χ3n) is 9.32. The Bertz CT molecular complexity index is 819. The molecule has 4 unspecified atom stereocenters. The first kappa shape index (κ1) is 21.8. The van der Waals surface area contributed by atoms with Crippen LogP contribution in [0.1, 0.15) is 47.5 Å². The molecule has 0 saturated carbocycles. The van der Waals surface area contributed by atoms with E-state index in [1.165, 1.54) is 36.1 Å². The van der Waals surface area contributed by atoms with Crippen LogP contribution in [0.3, 0.4) is 0 Å². The molecule has 0 saturated heterocycles. The van der Waals surface area contributed by atoms with Crippen LogP contribution in [0.15, 0.2) is 45.6 Å². The Labute approximate surface area is 195 Å². The predicted octanol–water partition coefficient (Wildman–Crippen LogP) is 4.52. The van der Waals surface area contributed by atoms with Crippen LogP contribution < -0.4 is 0 Å². The second-order valence-corrected chi connectivity index (χ2v) is 11.2. The molecule has 0 aromatic heterocycles. The van der Waals surface area contributed by atoms with Crippen molar-refractivity contribution in [2.45, 2.75) is 47.5 Å². The van der Waals surface area contributed by atoms with Gasteiger partial charge < -0.3 is 24.5 Å². The van der Waals surface area contributed by atoms with Gasteiger partial charge in [0, 0.05) is 66.1 Å². The van der Waals surface area contributed by atoms with Crippen molar-refractivity contribution in [3.05, 3.63) is 45.6 Å². The van der Waals surface area contributed by atoms with Crippen molar-refractivity contribution in [1.29, 1.82) is 0 Å². The van der Waals surface area contributed by atoms with Crippen LogP contribution in [0.2, 0.25) is 0 Å². The molecule has 0 radical (unpaired) electrons. The van der Waals surface area contributed by atoms with E-state index in [9.17, 15) is 0 Å². The fourth-order valence-corrected chi connectivity index (χ4v) is 7.87. The van der Waals surface area contributed by atoms with Crippen molar-refractivity contribution in [3.8, 4) is 0 Å². The molecular weight excluding hydrogens is 394 g/mol. The Hall–Kier alpha value is -2.04. The van der Waals surface area contributed by atoms with E-state index in [0.717, 1.165) is 13.1 Å². The molecule has 0 fully saturated rings. The van der Waals surface area contributed by atoms with Gasteiger partial charge in [0.2, 0.25) is 0 Å². The highest BCUT2D eigenvalue weighted by Crippen LogP contribution is 2.54. The lowest BCUT2D eigenvalue weighted by Crippen LogP contribution is -2.53. The number of hydrogen-bond acceptors (Lipinski definition) is 5. The van der Waals surface area contributed by atoms with E-state index in [1.54, 1.807) is 22.3 Å². The molecule has 5 heteroatoms. The Kier molecular flexibility index (Phi) is 4.92. The van der Waals surface area contributed by atoms with Gasteiger partial charge in [-0.1, -0.05) is 34.6 Å². The zero-order valence-electron chi connectivity index (χ0n) is 22.0. The van der Waals surface area contributed by atoms with Gasteiger partial charge in [0.25, 0.3) is 0 Å². The molecule has 5 rings (SSSR count). The summed E-state index contributed by atoms with van der Waals surface area (Å²) in [6, 6.07) is 0. The largest absolute Gasteiger partial charge is 0.361 e. The first-order valence-electron chi connectivity index (χ1n) is 12.7. The molecule has 0 spiro atoms. The molecule has 4 atom stereocenters. The average molecular weight is 438 g/mol. The zero-order chi connectivity index (χ0) is 23.2. The predicted molar refractivity (Wildman–Crippen MR) is 132 cm³/mol. The third kappa shape index (κ3) is 2.63. The van der Waals surface area contributed by atoms with E-state index in [2.05, 4.69) is 94.4 Å². The summed E-state index contributed by atoms with van der Waals surface area (Å²) in [5.41, 5.74) is 6.53. The summed E-state index contributed by atoms with van der Waals surface area (Å²) < 4.78 is 0. The monoisotopic (exact) mass is 437 g/mol. The molecule has 0 N–H and O–H groups in total. The van der Waals surface area contributed by atoms with Gasteiger partial charge in [-0.3, -0.25) is 0 Å². The molecule has 0 aromatic rings. The molecule has 5 aliphatic heterocycles. The standard InChI is InChI=1S/C27H43N5/c1-15-11-13-28(6)24-20(15)17(3)22-19(5)23-18(4)21-16(2)12-14-29(7)25(21)31(9)27(23)32(10)26(22)30(24)8/h15-19H,11-14H2,1-10H3. The Morgan fingerprint density at radius 1 is 0.469 bits per heavy atom. The van der Waals surface area contributed by atoms with Gasteiger partial charge in [-0.05, 0) is 47.0 Å². The molecule has 0 bridgehead atoms. The van der Waals surface area contributed by atoms with Crippen LogP contribution in [0.4, 0.5) is 0 Å². The quantitative estimate of drug-likeness (QED) is 0.552. The molecule has 5 heterocycles. The minimum absolute atomic E-state index is 0.452. The summed E-state index contributed by atoms with van der Waals surface area (Å²) in [7, 11) is 11.4. The summed E-state index contributed by atoms with van der Waals surface area (Å²) in [6.07, 6.45) is 2.51. The Morgan fingerprint density at radius 3 is 1.16 bits per heavy atom. The van der Waals surface area contributed by atoms with Gasteiger partial charge in [0.1, 0.15) is 23.3 Å². The second-order valence-electron chi connectivity index (χ2n) is 11.2. The van der Waals surface area contributed by atoms with Gasteiger partial charge in [0.05, 0.1) is 0 Å². The van der Waals surface area contributed by atoms with Gasteiger partial charge in [-0.25, -0.2) is 0 Å². The molecule has 32 heavy (non-hydrogen) atoms. The lowest BCUT2D eigenvalue weighted by molar-refractivity contribution is 0.148.